The van der Waals surface area contributed by atoms with Crippen molar-refractivity contribution in [3.8, 4) is 0 Å². The van der Waals surface area contributed by atoms with Crippen LogP contribution in [0.5, 0.6) is 0 Å². The number of aryl methyl sites for hydroxylation is 2. The van der Waals surface area contributed by atoms with Crippen molar-refractivity contribution in [2.75, 3.05) is 24.3 Å². The Balaban J connectivity index is 1.53. The van der Waals surface area contributed by atoms with E-state index in [4.69, 9.17) is 0 Å². The molecule has 1 heterocycles. The molecule has 1 aromatic carbocycles. The van der Waals surface area contributed by atoms with Gasteiger partial charge in [-0.15, -0.1) is 0 Å². The molecule has 28 heavy (non-hydrogen) atoms. The Labute approximate surface area is 165 Å². The minimum atomic E-state index is -0.351. The van der Waals surface area contributed by atoms with Crippen molar-refractivity contribution >= 4 is 17.7 Å². The van der Waals surface area contributed by atoms with Crippen molar-refractivity contribution in [3.63, 3.8) is 0 Å². The molecule has 0 bridgehead atoms. The lowest BCUT2D eigenvalue weighted by atomic mass is 9.91. The molecule has 0 spiro atoms. The highest BCUT2D eigenvalue weighted by Gasteiger charge is 2.23. The van der Waals surface area contributed by atoms with Crippen LogP contribution in [0.4, 0.5) is 16.2 Å². The molecule has 7 heteroatoms. The lowest BCUT2D eigenvalue weighted by molar-refractivity contribution is 0.0926. The number of hydrogen-bond donors (Lipinski definition) is 2. The summed E-state index contributed by atoms with van der Waals surface area (Å²) >= 11 is 0. The van der Waals surface area contributed by atoms with Gasteiger partial charge in [0.1, 0.15) is 11.6 Å². The summed E-state index contributed by atoms with van der Waals surface area (Å²) in [6.07, 6.45) is 3.57. The monoisotopic (exact) mass is 385 g/mol. The van der Waals surface area contributed by atoms with Crippen molar-refractivity contribution in [1.29, 1.82) is 0 Å². The second-order valence-corrected chi connectivity index (χ2v) is 7.72. The molecule has 150 valence electrons. The molecule has 0 saturated heterocycles. The van der Waals surface area contributed by atoms with Gasteiger partial charge in [0.25, 0.3) is 5.91 Å². The molecule has 1 fully saturated rings. The smallest absolute Gasteiger partial charge is 0.251 e. The molecule has 1 aliphatic carbocycles. The quantitative estimate of drug-likeness (QED) is 0.825. The number of rotatable bonds is 5. The van der Waals surface area contributed by atoms with Crippen LogP contribution in [-0.4, -0.2) is 42.1 Å². The lowest BCUT2D eigenvalue weighted by Gasteiger charge is -2.30. The van der Waals surface area contributed by atoms with Crippen LogP contribution in [0.2, 0.25) is 0 Å². The molecule has 1 amide bonds. The van der Waals surface area contributed by atoms with Crippen LogP contribution >= 0.6 is 0 Å². The lowest BCUT2D eigenvalue weighted by Crippen LogP contribution is -2.40. The molecular weight excluding hydrogens is 357 g/mol. The Kier molecular flexibility index (Phi) is 6.11. The first kappa shape index (κ1) is 20.0. The molecule has 0 aliphatic heterocycles. The van der Waals surface area contributed by atoms with Crippen LogP contribution in [0.25, 0.3) is 0 Å². The average molecular weight is 385 g/mol. The van der Waals surface area contributed by atoms with E-state index in [-0.39, 0.29) is 23.8 Å². The summed E-state index contributed by atoms with van der Waals surface area (Å²) in [7, 11) is 3.92. The largest absolute Gasteiger partial charge is 0.363 e. The van der Waals surface area contributed by atoms with E-state index in [9.17, 15) is 9.18 Å². The maximum atomic E-state index is 13.7. The molecule has 2 N–H and O–H groups in total. The molecule has 0 radical (unpaired) electrons. The van der Waals surface area contributed by atoms with Gasteiger partial charge in [-0.25, -0.2) is 9.37 Å². The van der Waals surface area contributed by atoms with E-state index in [1.165, 1.54) is 6.07 Å². The standard InChI is InChI=1S/C21H28FN5O/c1-13-5-6-15(12-18(13)22)20(28)24-16-7-9-17(10-8-16)25-21-23-14(2)11-19(26-21)27(3)4/h5-6,11-12,16-17H,7-10H2,1-4H3,(H,24,28)(H,23,25,26)/t16-,17+. The predicted octanol–water partition coefficient (Wildman–Crippen LogP) is 3.45. The van der Waals surface area contributed by atoms with Gasteiger partial charge in [0, 0.05) is 43.5 Å². The van der Waals surface area contributed by atoms with Crippen molar-refractivity contribution in [2.45, 2.75) is 51.6 Å². The predicted molar refractivity (Wildman–Crippen MR) is 109 cm³/mol. The van der Waals surface area contributed by atoms with E-state index in [2.05, 4.69) is 20.6 Å². The maximum absolute atomic E-state index is 13.7. The van der Waals surface area contributed by atoms with E-state index in [0.717, 1.165) is 37.2 Å². The third-order valence-electron chi connectivity index (χ3n) is 5.13. The summed E-state index contributed by atoms with van der Waals surface area (Å²) in [5.74, 6) is 0.955. The van der Waals surface area contributed by atoms with Crippen LogP contribution in [0.1, 0.15) is 47.3 Å². The van der Waals surface area contributed by atoms with Gasteiger partial charge < -0.3 is 15.5 Å². The molecule has 1 aliphatic rings. The van der Waals surface area contributed by atoms with Gasteiger partial charge >= 0.3 is 0 Å². The second kappa shape index (κ2) is 8.54. The number of aromatic nitrogens is 2. The zero-order chi connectivity index (χ0) is 20.3. The van der Waals surface area contributed by atoms with E-state index in [0.29, 0.717) is 17.1 Å². The average Bonchev–Trinajstić information content (AvgIpc) is 2.65. The number of halogens is 1. The molecule has 1 aromatic heterocycles. The number of anilines is 2. The zero-order valence-electron chi connectivity index (χ0n) is 16.9. The highest BCUT2D eigenvalue weighted by atomic mass is 19.1. The first-order valence-electron chi connectivity index (χ1n) is 9.68. The Hall–Kier alpha value is -2.70. The van der Waals surface area contributed by atoms with Gasteiger partial charge in [0.2, 0.25) is 5.95 Å². The van der Waals surface area contributed by atoms with Crippen molar-refractivity contribution in [3.05, 3.63) is 46.9 Å². The summed E-state index contributed by atoms with van der Waals surface area (Å²) in [6, 6.07) is 6.93. The number of carbonyl (C=O) groups is 1. The number of carbonyl (C=O) groups excluding carboxylic acids is 1. The van der Waals surface area contributed by atoms with Gasteiger partial charge in [-0.2, -0.15) is 4.98 Å². The van der Waals surface area contributed by atoms with Gasteiger partial charge in [0.15, 0.2) is 0 Å². The fraction of sp³-hybridized carbons (Fsp3) is 0.476. The third kappa shape index (κ3) is 4.97. The summed E-state index contributed by atoms with van der Waals surface area (Å²) in [5.41, 5.74) is 1.83. The molecule has 0 atom stereocenters. The number of nitrogens with zero attached hydrogens (tertiary/aromatic N) is 3. The number of hydrogen-bond acceptors (Lipinski definition) is 5. The SMILES string of the molecule is Cc1cc(N(C)C)nc(N[C@H]2CC[C@@H](NC(=O)c3ccc(C)c(F)c3)CC2)n1. The third-order valence-corrected chi connectivity index (χ3v) is 5.13. The molecule has 6 nitrogen and oxygen atoms in total. The summed E-state index contributed by atoms with van der Waals surface area (Å²) in [4.78, 5) is 23.4. The van der Waals surface area contributed by atoms with Crippen LogP contribution < -0.4 is 15.5 Å². The van der Waals surface area contributed by atoms with Crippen molar-refractivity contribution < 1.29 is 9.18 Å². The van der Waals surface area contributed by atoms with E-state index >= 15 is 0 Å². The van der Waals surface area contributed by atoms with Gasteiger partial charge in [0.05, 0.1) is 0 Å². The summed E-state index contributed by atoms with van der Waals surface area (Å²) < 4.78 is 13.7. The topological polar surface area (TPSA) is 70.2 Å². The van der Waals surface area contributed by atoms with Crippen LogP contribution in [-0.2, 0) is 0 Å². The fourth-order valence-electron chi connectivity index (χ4n) is 3.41. The van der Waals surface area contributed by atoms with Crippen LogP contribution in [0.15, 0.2) is 24.3 Å². The van der Waals surface area contributed by atoms with Gasteiger partial charge in [-0.1, -0.05) is 6.07 Å². The molecular formula is C21H28FN5O. The second-order valence-electron chi connectivity index (χ2n) is 7.72. The normalized spacial score (nSPS) is 19.2. The Morgan fingerprint density at radius 2 is 1.75 bits per heavy atom. The van der Waals surface area contributed by atoms with Gasteiger partial charge in [-0.05, 0) is 57.2 Å². The first-order chi connectivity index (χ1) is 13.3. The highest BCUT2D eigenvalue weighted by Crippen LogP contribution is 2.23. The van der Waals surface area contributed by atoms with E-state index < -0.39 is 0 Å². The molecule has 0 unspecified atom stereocenters. The Morgan fingerprint density at radius 1 is 1.07 bits per heavy atom. The Morgan fingerprint density at radius 3 is 2.39 bits per heavy atom. The molecule has 2 aromatic rings. The summed E-state index contributed by atoms with van der Waals surface area (Å²) in [5, 5.41) is 6.45. The van der Waals surface area contributed by atoms with Crippen molar-refractivity contribution in [1.82, 2.24) is 15.3 Å². The zero-order valence-corrected chi connectivity index (χ0v) is 16.9. The minimum Gasteiger partial charge on any atom is -0.363 e. The van der Waals surface area contributed by atoms with E-state index in [1.54, 1.807) is 19.1 Å². The molecule has 3 rings (SSSR count). The van der Waals surface area contributed by atoms with E-state index in [1.807, 2.05) is 32.0 Å². The van der Waals surface area contributed by atoms with Crippen LogP contribution in [0.3, 0.4) is 0 Å². The maximum Gasteiger partial charge on any atom is 0.251 e. The number of benzene rings is 1. The summed E-state index contributed by atoms with van der Waals surface area (Å²) in [6.45, 7) is 3.64. The first-order valence-corrected chi connectivity index (χ1v) is 9.68. The molecule has 1 saturated carbocycles. The minimum absolute atomic E-state index is 0.102. The Bertz CT molecular complexity index is 847. The fourth-order valence-corrected chi connectivity index (χ4v) is 3.41. The number of amides is 1. The highest BCUT2D eigenvalue weighted by molar-refractivity contribution is 5.94. The van der Waals surface area contributed by atoms with Crippen molar-refractivity contribution in [2.24, 2.45) is 0 Å². The van der Waals surface area contributed by atoms with Crippen LogP contribution in [0, 0.1) is 19.7 Å². The van der Waals surface area contributed by atoms with Gasteiger partial charge in [-0.3, -0.25) is 4.79 Å². The number of nitrogens with one attached hydrogen (secondary N) is 2.